The number of halogens is 1. The molecule has 2 aromatic carbocycles. The first-order valence-electron chi connectivity index (χ1n) is 5.50. The number of nitrogens with one attached hydrogen (secondary N) is 1. The molecule has 0 radical (unpaired) electrons. The van der Waals surface area contributed by atoms with E-state index in [4.69, 9.17) is 17.3 Å². The van der Waals surface area contributed by atoms with E-state index in [-0.39, 0.29) is 5.91 Å². The third-order valence-electron chi connectivity index (χ3n) is 2.69. The van der Waals surface area contributed by atoms with Gasteiger partial charge in [-0.25, -0.2) is 0 Å². The van der Waals surface area contributed by atoms with Crippen LogP contribution >= 0.6 is 11.6 Å². The highest BCUT2D eigenvalue weighted by molar-refractivity contribution is 6.31. The van der Waals surface area contributed by atoms with E-state index in [1.807, 2.05) is 13.0 Å². The topological polar surface area (TPSA) is 55.1 Å². The van der Waals surface area contributed by atoms with Crippen molar-refractivity contribution in [2.75, 3.05) is 11.1 Å². The molecule has 0 aromatic heterocycles. The summed E-state index contributed by atoms with van der Waals surface area (Å²) in [5.41, 5.74) is 8.33. The van der Waals surface area contributed by atoms with Gasteiger partial charge in [-0.15, -0.1) is 0 Å². The van der Waals surface area contributed by atoms with Gasteiger partial charge < -0.3 is 11.1 Å². The predicted molar refractivity (Wildman–Crippen MR) is 75.0 cm³/mol. The molecule has 3 nitrogen and oxygen atoms in total. The van der Waals surface area contributed by atoms with Gasteiger partial charge in [-0.3, -0.25) is 4.79 Å². The van der Waals surface area contributed by atoms with Gasteiger partial charge in [0.2, 0.25) is 0 Å². The van der Waals surface area contributed by atoms with E-state index in [1.54, 1.807) is 36.4 Å². The summed E-state index contributed by atoms with van der Waals surface area (Å²) in [5.74, 6) is -0.180. The van der Waals surface area contributed by atoms with Crippen molar-refractivity contribution in [1.82, 2.24) is 0 Å². The number of carbonyl (C=O) groups is 1. The van der Waals surface area contributed by atoms with Crippen LogP contribution in [0.3, 0.4) is 0 Å². The Kier molecular flexibility index (Phi) is 3.53. The molecule has 3 N–H and O–H groups in total. The van der Waals surface area contributed by atoms with E-state index in [2.05, 4.69) is 5.32 Å². The molecule has 0 unspecified atom stereocenters. The van der Waals surface area contributed by atoms with Crippen molar-refractivity contribution in [2.24, 2.45) is 0 Å². The van der Waals surface area contributed by atoms with Gasteiger partial charge in [0.15, 0.2) is 0 Å². The highest BCUT2D eigenvalue weighted by atomic mass is 35.5. The third-order valence-corrected chi connectivity index (χ3v) is 3.10. The van der Waals surface area contributed by atoms with Crippen LogP contribution in [0.4, 0.5) is 11.4 Å². The Morgan fingerprint density at radius 2 is 1.83 bits per heavy atom. The first-order valence-corrected chi connectivity index (χ1v) is 5.88. The maximum atomic E-state index is 12.0. The number of carbonyl (C=O) groups excluding carboxylic acids is 1. The fourth-order valence-corrected chi connectivity index (χ4v) is 1.75. The molecule has 1 amide bonds. The quantitative estimate of drug-likeness (QED) is 0.812. The van der Waals surface area contributed by atoms with Crippen molar-refractivity contribution in [3.63, 3.8) is 0 Å². The molecule has 0 bridgehead atoms. The molecule has 0 aliphatic carbocycles. The Hall–Kier alpha value is -2.00. The molecule has 92 valence electrons. The van der Waals surface area contributed by atoms with Crippen LogP contribution < -0.4 is 11.1 Å². The average molecular weight is 261 g/mol. The Morgan fingerprint density at radius 1 is 1.17 bits per heavy atom. The summed E-state index contributed by atoms with van der Waals surface area (Å²) in [5, 5.41) is 3.45. The van der Waals surface area contributed by atoms with Gasteiger partial charge in [0.05, 0.1) is 0 Å². The summed E-state index contributed by atoms with van der Waals surface area (Å²) < 4.78 is 0. The summed E-state index contributed by atoms with van der Waals surface area (Å²) in [6.07, 6.45) is 0. The molecule has 2 rings (SSSR count). The van der Waals surface area contributed by atoms with Gasteiger partial charge in [0, 0.05) is 22.0 Å². The van der Waals surface area contributed by atoms with E-state index in [9.17, 15) is 4.79 Å². The second-order valence-electron chi connectivity index (χ2n) is 3.99. The van der Waals surface area contributed by atoms with Gasteiger partial charge in [0.25, 0.3) is 5.91 Å². The molecule has 4 heteroatoms. The zero-order valence-corrected chi connectivity index (χ0v) is 10.7. The lowest BCUT2D eigenvalue weighted by atomic mass is 10.1. The molecular formula is C14H13ClN2O. The fourth-order valence-electron chi connectivity index (χ4n) is 1.57. The van der Waals surface area contributed by atoms with Crippen LogP contribution in [0, 0.1) is 6.92 Å². The first kappa shape index (κ1) is 12.5. The first-order chi connectivity index (χ1) is 8.58. The number of amides is 1. The summed E-state index contributed by atoms with van der Waals surface area (Å²) in [4.78, 5) is 12.0. The van der Waals surface area contributed by atoms with E-state index < -0.39 is 0 Å². The minimum Gasteiger partial charge on any atom is -0.399 e. The van der Waals surface area contributed by atoms with E-state index in [0.717, 1.165) is 5.56 Å². The van der Waals surface area contributed by atoms with E-state index in [1.165, 1.54) is 0 Å². The second kappa shape index (κ2) is 5.10. The second-order valence-corrected chi connectivity index (χ2v) is 4.40. The molecule has 0 aliphatic heterocycles. The van der Waals surface area contributed by atoms with Crippen LogP contribution in [0.25, 0.3) is 0 Å². The fraction of sp³-hybridized carbons (Fsp3) is 0.0714. The number of benzene rings is 2. The molecule has 0 heterocycles. The normalized spacial score (nSPS) is 10.1. The largest absolute Gasteiger partial charge is 0.399 e. The average Bonchev–Trinajstić information content (AvgIpc) is 2.36. The van der Waals surface area contributed by atoms with Gasteiger partial charge in [0.1, 0.15) is 0 Å². The molecule has 0 saturated carbocycles. The standard InChI is InChI=1S/C14H13ClN2O/c1-9-12(15)3-2-4-13(9)17-14(18)10-5-7-11(16)8-6-10/h2-8H,16H2,1H3,(H,17,18). The Bertz CT molecular complexity index is 579. The molecule has 0 spiro atoms. The van der Waals surface area contributed by atoms with Gasteiger partial charge in [-0.2, -0.15) is 0 Å². The van der Waals surface area contributed by atoms with Crippen LogP contribution in [0.15, 0.2) is 42.5 Å². The smallest absolute Gasteiger partial charge is 0.255 e. The van der Waals surface area contributed by atoms with Crippen molar-refractivity contribution in [1.29, 1.82) is 0 Å². The molecule has 18 heavy (non-hydrogen) atoms. The zero-order chi connectivity index (χ0) is 13.1. The van der Waals surface area contributed by atoms with Crippen LogP contribution in [0.1, 0.15) is 15.9 Å². The van der Waals surface area contributed by atoms with Crippen molar-refractivity contribution in [3.8, 4) is 0 Å². The summed E-state index contributed by atoms with van der Waals surface area (Å²) in [6.45, 7) is 1.86. The third kappa shape index (κ3) is 2.63. The van der Waals surface area contributed by atoms with Crippen molar-refractivity contribution < 1.29 is 4.79 Å². The van der Waals surface area contributed by atoms with Crippen LogP contribution in [-0.2, 0) is 0 Å². The summed E-state index contributed by atoms with van der Waals surface area (Å²) in [7, 11) is 0. The monoisotopic (exact) mass is 260 g/mol. The maximum Gasteiger partial charge on any atom is 0.255 e. The lowest BCUT2D eigenvalue weighted by Gasteiger charge is -2.09. The number of rotatable bonds is 2. The highest BCUT2D eigenvalue weighted by Crippen LogP contribution is 2.23. The van der Waals surface area contributed by atoms with Crippen molar-refractivity contribution in [3.05, 3.63) is 58.6 Å². The van der Waals surface area contributed by atoms with Crippen LogP contribution in [0.5, 0.6) is 0 Å². The minimum absolute atomic E-state index is 0.180. The van der Waals surface area contributed by atoms with Crippen LogP contribution in [0.2, 0.25) is 5.02 Å². The Balaban J connectivity index is 2.21. The highest BCUT2D eigenvalue weighted by Gasteiger charge is 2.08. The number of nitrogen functional groups attached to an aromatic ring is 1. The molecule has 0 fully saturated rings. The van der Waals surface area contributed by atoms with Gasteiger partial charge in [-0.05, 0) is 48.9 Å². The van der Waals surface area contributed by atoms with Gasteiger partial charge >= 0.3 is 0 Å². The maximum absolute atomic E-state index is 12.0. The Morgan fingerprint density at radius 3 is 2.50 bits per heavy atom. The lowest BCUT2D eigenvalue weighted by Crippen LogP contribution is -2.12. The summed E-state index contributed by atoms with van der Waals surface area (Å²) in [6, 6.07) is 12.2. The zero-order valence-electron chi connectivity index (χ0n) is 9.91. The molecule has 0 saturated heterocycles. The number of hydrogen-bond donors (Lipinski definition) is 2. The van der Waals surface area contributed by atoms with Crippen molar-refractivity contribution in [2.45, 2.75) is 6.92 Å². The lowest BCUT2D eigenvalue weighted by molar-refractivity contribution is 0.102. The van der Waals surface area contributed by atoms with E-state index in [0.29, 0.717) is 22.0 Å². The SMILES string of the molecule is Cc1c(Cl)cccc1NC(=O)c1ccc(N)cc1. The Labute approximate surface area is 111 Å². The summed E-state index contributed by atoms with van der Waals surface area (Å²) >= 11 is 6.00. The molecular weight excluding hydrogens is 248 g/mol. The number of hydrogen-bond acceptors (Lipinski definition) is 2. The molecule has 0 aliphatic rings. The molecule has 0 atom stereocenters. The van der Waals surface area contributed by atoms with Crippen molar-refractivity contribution >= 4 is 28.9 Å². The molecule has 2 aromatic rings. The number of nitrogens with two attached hydrogens (primary N) is 1. The van der Waals surface area contributed by atoms with Gasteiger partial charge in [-0.1, -0.05) is 17.7 Å². The number of anilines is 2. The minimum atomic E-state index is -0.180. The van der Waals surface area contributed by atoms with E-state index >= 15 is 0 Å². The van der Waals surface area contributed by atoms with Crippen LogP contribution in [-0.4, -0.2) is 5.91 Å². The predicted octanol–water partition coefficient (Wildman–Crippen LogP) is 3.48.